The predicted molar refractivity (Wildman–Crippen MR) is 99.8 cm³/mol. The van der Waals surface area contributed by atoms with E-state index in [0.717, 1.165) is 25.7 Å². The number of hydrogen-bond donors (Lipinski definition) is 1. The van der Waals surface area contributed by atoms with Crippen molar-refractivity contribution < 1.29 is 33.6 Å². The molecule has 0 unspecified atom stereocenters. The number of ether oxygens (including phenoxy) is 4. The highest BCUT2D eigenvalue weighted by molar-refractivity contribution is 5.72. The van der Waals surface area contributed by atoms with Crippen LogP contribution in [-0.2, 0) is 28.5 Å². The van der Waals surface area contributed by atoms with Crippen molar-refractivity contribution in [3.8, 4) is 0 Å². The number of carbonyl (C=O) groups excluding carboxylic acids is 2. The van der Waals surface area contributed by atoms with Crippen molar-refractivity contribution in [1.29, 1.82) is 0 Å². The summed E-state index contributed by atoms with van der Waals surface area (Å²) < 4.78 is 22.1. The SMILES string of the molecule is CCOCCOC1(C(O)(CC)CC)OC(=O)CCCCCCCCC(=O)O1. The molecule has 1 heterocycles. The molecule has 158 valence electrons. The van der Waals surface area contributed by atoms with Crippen LogP contribution in [0.15, 0.2) is 0 Å². The van der Waals surface area contributed by atoms with Crippen LogP contribution in [0.5, 0.6) is 0 Å². The molecule has 1 rings (SSSR count). The molecule has 0 aliphatic carbocycles. The lowest BCUT2D eigenvalue weighted by Gasteiger charge is -2.43. The highest BCUT2D eigenvalue weighted by Crippen LogP contribution is 2.36. The van der Waals surface area contributed by atoms with E-state index < -0.39 is 23.5 Å². The quantitative estimate of drug-likeness (QED) is 0.503. The van der Waals surface area contributed by atoms with Gasteiger partial charge in [-0.15, -0.1) is 0 Å². The second-order valence-corrected chi connectivity index (χ2v) is 6.91. The highest BCUT2D eigenvalue weighted by atomic mass is 16.9. The summed E-state index contributed by atoms with van der Waals surface area (Å²) in [5.41, 5.74) is -1.65. The van der Waals surface area contributed by atoms with Gasteiger partial charge >= 0.3 is 17.9 Å². The Balaban J connectivity index is 3.12. The first-order chi connectivity index (χ1) is 12.9. The van der Waals surface area contributed by atoms with Crippen LogP contribution in [-0.4, -0.2) is 48.4 Å². The van der Waals surface area contributed by atoms with E-state index in [-0.39, 0.29) is 38.9 Å². The van der Waals surface area contributed by atoms with E-state index in [9.17, 15) is 14.7 Å². The Bertz CT molecular complexity index is 422. The Labute approximate surface area is 162 Å². The van der Waals surface area contributed by atoms with Gasteiger partial charge in [-0.05, 0) is 32.6 Å². The molecule has 0 aromatic heterocycles. The van der Waals surface area contributed by atoms with Gasteiger partial charge in [0.15, 0.2) is 5.60 Å². The molecule has 0 amide bonds. The molecule has 0 atom stereocenters. The van der Waals surface area contributed by atoms with Gasteiger partial charge in [0, 0.05) is 19.4 Å². The van der Waals surface area contributed by atoms with E-state index in [1.807, 2.05) is 6.92 Å². The van der Waals surface area contributed by atoms with Crippen LogP contribution in [0.3, 0.4) is 0 Å². The first kappa shape index (κ1) is 23.9. The van der Waals surface area contributed by atoms with Crippen LogP contribution in [0.1, 0.15) is 85.0 Å². The third kappa shape index (κ3) is 7.39. The molecule has 0 radical (unpaired) electrons. The molecular weight excluding hydrogens is 352 g/mol. The average Bonchev–Trinajstić information content (AvgIpc) is 2.67. The summed E-state index contributed by atoms with van der Waals surface area (Å²) >= 11 is 0. The van der Waals surface area contributed by atoms with Crippen LogP contribution < -0.4 is 0 Å². The standard InChI is InChI=1S/C20H36O7/c1-4-19(23,5-2)20(25-16-15-24-6-3)26-17(21)13-11-9-7-8-10-12-14-18(22)27-20/h23H,4-16H2,1-3H3. The second-order valence-electron chi connectivity index (χ2n) is 6.91. The minimum absolute atomic E-state index is 0.0245. The molecule has 7 nitrogen and oxygen atoms in total. The number of esters is 2. The fraction of sp³-hybridized carbons (Fsp3) is 0.900. The molecule has 0 aromatic rings. The first-order valence-electron chi connectivity index (χ1n) is 10.3. The maximum atomic E-state index is 12.4. The average molecular weight is 389 g/mol. The molecule has 0 spiro atoms. The largest absolute Gasteiger partial charge is 0.406 e. The summed E-state index contributed by atoms with van der Waals surface area (Å²) in [6.07, 6.45) is 6.05. The van der Waals surface area contributed by atoms with Gasteiger partial charge in [-0.1, -0.05) is 39.5 Å². The molecule has 0 bridgehead atoms. The molecule has 1 aliphatic rings. The van der Waals surface area contributed by atoms with Gasteiger partial charge in [-0.2, -0.15) is 0 Å². The van der Waals surface area contributed by atoms with Crippen molar-refractivity contribution in [2.24, 2.45) is 0 Å². The molecule has 1 saturated heterocycles. The van der Waals surface area contributed by atoms with Crippen LogP contribution in [0.2, 0.25) is 0 Å². The van der Waals surface area contributed by atoms with Crippen LogP contribution in [0.4, 0.5) is 0 Å². The number of aliphatic hydroxyl groups is 1. The van der Waals surface area contributed by atoms with E-state index >= 15 is 0 Å². The third-order valence-corrected chi connectivity index (χ3v) is 4.97. The highest BCUT2D eigenvalue weighted by Gasteiger charge is 2.57. The zero-order valence-electron chi connectivity index (χ0n) is 17.1. The topological polar surface area (TPSA) is 91.3 Å². The van der Waals surface area contributed by atoms with Gasteiger partial charge in [0.05, 0.1) is 13.2 Å². The Morgan fingerprint density at radius 1 is 0.889 bits per heavy atom. The Morgan fingerprint density at radius 2 is 1.37 bits per heavy atom. The van der Waals surface area contributed by atoms with Gasteiger partial charge in [-0.25, -0.2) is 0 Å². The van der Waals surface area contributed by atoms with Crippen LogP contribution in [0.25, 0.3) is 0 Å². The summed E-state index contributed by atoms with van der Waals surface area (Å²) in [5.74, 6) is -3.24. The third-order valence-electron chi connectivity index (χ3n) is 4.97. The number of rotatable bonds is 8. The number of carbonyl (C=O) groups is 2. The van der Waals surface area contributed by atoms with E-state index in [0.29, 0.717) is 19.4 Å². The summed E-state index contributed by atoms with van der Waals surface area (Å²) in [5, 5.41) is 11.1. The summed E-state index contributed by atoms with van der Waals surface area (Å²) in [4.78, 5) is 24.9. The Hall–Kier alpha value is -1.18. The smallest absolute Gasteiger partial charge is 0.396 e. The lowest BCUT2D eigenvalue weighted by molar-refractivity contribution is -0.411. The maximum Gasteiger partial charge on any atom is 0.406 e. The molecule has 27 heavy (non-hydrogen) atoms. The van der Waals surface area contributed by atoms with E-state index in [2.05, 4.69) is 0 Å². The molecule has 7 heteroatoms. The molecule has 1 N–H and O–H groups in total. The number of hydrogen-bond acceptors (Lipinski definition) is 7. The van der Waals surface area contributed by atoms with Gasteiger partial charge < -0.3 is 24.1 Å². The van der Waals surface area contributed by atoms with E-state index in [4.69, 9.17) is 18.9 Å². The second kappa shape index (κ2) is 12.3. The lowest BCUT2D eigenvalue weighted by Crippen LogP contribution is -2.61. The van der Waals surface area contributed by atoms with Crippen LogP contribution in [0, 0.1) is 0 Å². The van der Waals surface area contributed by atoms with Gasteiger partial charge in [0.25, 0.3) is 0 Å². The van der Waals surface area contributed by atoms with Crippen molar-refractivity contribution in [3.05, 3.63) is 0 Å². The zero-order chi connectivity index (χ0) is 20.2. The maximum absolute atomic E-state index is 12.4. The molecule has 0 saturated carbocycles. The molecular formula is C20H36O7. The minimum Gasteiger partial charge on any atom is -0.396 e. The van der Waals surface area contributed by atoms with Gasteiger partial charge in [0.1, 0.15) is 0 Å². The monoisotopic (exact) mass is 388 g/mol. The minimum atomic E-state index is -2.16. The van der Waals surface area contributed by atoms with Crippen molar-refractivity contribution in [3.63, 3.8) is 0 Å². The number of cyclic esters (lactones) is 2. The molecule has 0 aromatic carbocycles. The van der Waals surface area contributed by atoms with Crippen molar-refractivity contribution in [2.75, 3.05) is 19.8 Å². The first-order valence-corrected chi connectivity index (χ1v) is 10.3. The predicted octanol–water partition coefficient (Wildman–Crippen LogP) is 3.47. The summed E-state index contributed by atoms with van der Waals surface area (Å²) in [6, 6.07) is 0. The fourth-order valence-electron chi connectivity index (χ4n) is 3.11. The summed E-state index contributed by atoms with van der Waals surface area (Å²) in [6.45, 7) is 6.08. The molecule has 1 aliphatic heterocycles. The fourth-order valence-corrected chi connectivity index (χ4v) is 3.11. The normalized spacial score (nSPS) is 20.0. The lowest BCUT2D eigenvalue weighted by atomic mass is 9.93. The van der Waals surface area contributed by atoms with Crippen molar-refractivity contribution in [1.82, 2.24) is 0 Å². The van der Waals surface area contributed by atoms with Crippen molar-refractivity contribution >= 4 is 11.9 Å². The Morgan fingerprint density at radius 3 is 1.81 bits per heavy atom. The zero-order valence-corrected chi connectivity index (χ0v) is 17.1. The van der Waals surface area contributed by atoms with E-state index in [1.54, 1.807) is 13.8 Å². The summed E-state index contributed by atoms with van der Waals surface area (Å²) in [7, 11) is 0. The van der Waals surface area contributed by atoms with Gasteiger partial charge in [0.2, 0.25) is 0 Å². The van der Waals surface area contributed by atoms with Crippen LogP contribution >= 0.6 is 0 Å². The van der Waals surface area contributed by atoms with E-state index in [1.165, 1.54) is 0 Å². The molecule has 1 fully saturated rings. The van der Waals surface area contributed by atoms with Gasteiger partial charge in [-0.3, -0.25) is 9.59 Å². The Kier molecular flexibility index (Phi) is 10.9. The van der Waals surface area contributed by atoms with Crippen molar-refractivity contribution in [2.45, 2.75) is 96.6 Å².